The summed E-state index contributed by atoms with van der Waals surface area (Å²) in [6.07, 6.45) is 1.74. The first kappa shape index (κ1) is 17.1. The van der Waals surface area contributed by atoms with Crippen LogP contribution in [0.15, 0.2) is 12.1 Å². The number of aryl methyl sites for hydroxylation is 1. The summed E-state index contributed by atoms with van der Waals surface area (Å²) in [5.41, 5.74) is 2.08. The number of rotatable bonds is 3. The smallest absolute Gasteiger partial charge is 0.322 e. The monoisotopic (exact) mass is 376 g/mol. The lowest BCUT2D eigenvalue weighted by atomic mass is 9.93. The van der Waals surface area contributed by atoms with Crippen LogP contribution in [-0.4, -0.2) is 35.0 Å². The van der Waals surface area contributed by atoms with Crippen LogP contribution in [0.1, 0.15) is 42.5 Å². The van der Waals surface area contributed by atoms with E-state index in [1.165, 1.54) is 0 Å². The number of urea groups is 2. The fraction of sp³-hybridized carbons (Fsp3) is 0.500. The van der Waals surface area contributed by atoms with Crippen LogP contribution >= 0.6 is 11.6 Å². The van der Waals surface area contributed by atoms with Gasteiger partial charge >= 0.3 is 12.1 Å². The van der Waals surface area contributed by atoms with Crippen LogP contribution in [0.2, 0.25) is 5.02 Å². The molecule has 2 fully saturated rings. The number of carbonyl (C=O) groups excluding carboxylic acids is 3. The minimum absolute atomic E-state index is 0.0731. The van der Waals surface area contributed by atoms with Crippen molar-refractivity contribution in [1.29, 1.82) is 0 Å². The number of benzene rings is 1. The van der Waals surface area contributed by atoms with E-state index in [1.807, 2.05) is 26.0 Å². The van der Waals surface area contributed by atoms with E-state index >= 15 is 0 Å². The summed E-state index contributed by atoms with van der Waals surface area (Å²) in [5.74, 6) is -0.283. The molecule has 26 heavy (non-hydrogen) atoms. The van der Waals surface area contributed by atoms with Crippen molar-refractivity contribution in [3.63, 3.8) is 0 Å². The zero-order valence-electron chi connectivity index (χ0n) is 14.7. The lowest BCUT2D eigenvalue weighted by Crippen LogP contribution is -2.58. The van der Waals surface area contributed by atoms with Gasteiger partial charge in [0.25, 0.3) is 5.91 Å². The van der Waals surface area contributed by atoms with E-state index < -0.39 is 11.6 Å². The maximum atomic E-state index is 12.8. The molecule has 5 amide bonds. The van der Waals surface area contributed by atoms with Crippen LogP contribution in [0.5, 0.6) is 0 Å². The standard InChI is InChI=1S/C18H21ClN4O3/c1-9-5-11-7-23(10(2)13(11)6-14(9)19)17(26)20-8-18(12-3-4-12)15(24)21-16(25)22-18/h5-6,10,12H,3-4,7-8H2,1-2H3,(H,20,26)(H2,21,22,24,25)/t10-,18+/m1/s1. The van der Waals surface area contributed by atoms with Crippen molar-refractivity contribution in [3.05, 3.63) is 33.8 Å². The quantitative estimate of drug-likeness (QED) is 0.706. The summed E-state index contributed by atoms with van der Waals surface area (Å²) < 4.78 is 0. The summed E-state index contributed by atoms with van der Waals surface area (Å²) in [7, 11) is 0. The average Bonchev–Trinajstić information content (AvgIpc) is 3.33. The Morgan fingerprint density at radius 3 is 2.73 bits per heavy atom. The molecule has 2 atom stereocenters. The minimum atomic E-state index is -1.03. The Hall–Kier alpha value is -2.28. The Bertz CT molecular complexity index is 823. The zero-order chi connectivity index (χ0) is 18.6. The molecule has 0 aromatic heterocycles. The van der Waals surface area contributed by atoms with E-state index in [1.54, 1.807) is 4.90 Å². The summed E-state index contributed by atoms with van der Waals surface area (Å²) in [6.45, 7) is 4.48. The highest BCUT2D eigenvalue weighted by atomic mass is 35.5. The lowest BCUT2D eigenvalue weighted by Gasteiger charge is -2.29. The third-order valence-electron chi connectivity index (χ3n) is 5.70. The molecule has 1 saturated carbocycles. The van der Waals surface area contributed by atoms with Crippen molar-refractivity contribution in [2.24, 2.45) is 5.92 Å². The van der Waals surface area contributed by atoms with E-state index in [0.29, 0.717) is 11.6 Å². The van der Waals surface area contributed by atoms with Gasteiger partial charge in [-0.25, -0.2) is 9.59 Å². The Labute approximate surface area is 156 Å². The number of halogens is 1. The van der Waals surface area contributed by atoms with Crippen molar-refractivity contribution in [1.82, 2.24) is 20.9 Å². The van der Waals surface area contributed by atoms with Crippen LogP contribution in [0.3, 0.4) is 0 Å². The third-order valence-corrected chi connectivity index (χ3v) is 6.11. The molecule has 138 valence electrons. The summed E-state index contributed by atoms with van der Waals surface area (Å²) in [6, 6.07) is 3.07. The van der Waals surface area contributed by atoms with Crippen LogP contribution in [0, 0.1) is 12.8 Å². The normalized spacial score (nSPS) is 27.2. The molecular formula is C18H21ClN4O3. The lowest BCUT2D eigenvalue weighted by molar-refractivity contribution is -0.124. The molecular weight excluding hydrogens is 356 g/mol. The fourth-order valence-corrected chi connectivity index (χ4v) is 4.14. The molecule has 2 heterocycles. The molecule has 3 N–H and O–H groups in total. The highest BCUT2D eigenvalue weighted by molar-refractivity contribution is 6.31. The first-order valence-corrected chi connectivity index (χ1v) is 9.16. The fourth-order valence-electron chi connectivity index (χ4n) is 3.97. The van der Waals surface area contributed by atoms with E-state index in [9.17, 15) is 14.4 Å². The maximum Gasteiger partial charge on any atom is 0.322 e. The van der Waals surface area contributed by atoms with Gasteiger partial charge < -0.3 is 15.5 Å². The minimum Gasteiger partial charge on any atom is -0.335 e. The van der Waals surface area contributed by atoms with Gasteiger partial charge in [-0.3, -0.25) is 10.1 Å². The van der Waals surface area contributed by atoms with Crippen molar-refractivity contribution in [2.75, 3.05) is 6.54 Å². The number of hydrogen-bond acceptors (Lipinski definition) is 3. The molecule has 1 aromatic carbocycles. The Balaban J connectivity index is 1.47. The second-order valence-corrected chi connectivity index (χ2v) is 7.82. The van der Waals surface area contributed by atoms with Gasteiger partial charge in [0.05, 0.1) is 12.6 Å². The van der Waals surface area contributed by atoms with Gasteiger partial charge in [0.15, 0.2) is 0 Å². The number of amides is 5. The molecule has 0 bridgehead atoms. The molecule has 7 nitrogen and oxygen atoms in total. The molecule has 3 aliphatic rings. The molecule has 8 heteroatoms. The van der Waals surface area contributed by atoms with Gasteiger partial charge in [0.1, 0.15) is 5.54 Å². The van der Waals surface area contributed by atoms with Crippen LogP contribution in [0.4, 0.5) is 9.59 Å². The summed E-state index contributed by atoms with van der Waals surface area (Å²) in [4.78, 5) is 38.3. The molecule has 4 rings (SSSR count). The Kier molecular flexibility index (Phi) is 3.87. The van der Waals surface area contributed by atoms with Gasteiger partial charge in [-0.05, 0) is 55.4 Å². The van der Waals surface area contributed by atoms with Gasteiger partial charge in [0.2, 0.25) is 0 Å². The maximum absolute atomic E-state index is 12.8. The van der Waals surface area contributed by atoms with Gasteiger partial charge in [0, 0.05) is 11.6 Å². The third kappa shape index (κ3) is 2.61. The summed E-state index contributed by atoms with van der Waals surface area (Å²) >= 11 is 6.22. The molecule has 0 spiro atoms. The second kappa shape index (κ2) is 5.87. The van der Waals surface area contributed by atoms with Gasteiger partial charge in [-0.1, -0.05) is 17.7 Å². The zero-order valence-corrected chi connectivity index (χ0v) is 15.4. The van der Waals surface area contributed by atoms with Crippen molar-refractivity contribution in [2.45, 2.75) is 44.8 Å². The number of fused-ring (bicyclic) bond motifs is 1. The second-order valence-electron chi connectivity index (χ2n) is 7.42. The molecule has 1 saturated heterocycles. The number of imide groups is 1. The van der Waals surface area contributed by atoms with Crippen molar-refractivity contribution in [3.8, 4) is 0 Å². The highest BCUT2D eigenvalue weighted by Gasteiger charge is 2.56. The Morgan fingerprint density at radius 1 is 1.38 bits per heavy atom. The van der Waals surface area contributed by atoms with Crippen molar-refractivity contribution >= 4 is 29.6 Å². The topological polar surface area (TPSA) is 90.5 Å². The van der Waals surface area contributed by atoms with Gasteiger partial charge in [-0.2, -0.15) is 0 Å². The number of hydrogen-bond donors (Lipinski definition) is 3. The summed E-state index contributed by atoms with van der Waals surface area (Å²) in [5, 5.41) is 8.55. The van der Waals surface area contributed by atoms with Gasteiger partial charge in [-0.15, -0.1) is 0 Å². The number of nitrogens with one attached hydrogen (secondary N) is 3. The van der Waals surface area contributed by atoms with Crippen LogP contribution in [0.25, 0.3) is 0 Å². The van der Waals surface area contributed by atoms with Crippen molar-refractivity contribution < 1.29 is 14.4 Å². The largest absolute Gasteiger partial charge is 0.335 e. The first-order chi connectivity index (χ1) is 12.3. The van der Waals surface area contributed by atoms with E-state index in [-0.39, 0.29) is 30.4 Å². The Morgan fingerprint density at radius 2 is 2.12 bits per heavy atom. The molecule has 0 unspecified atom stereocenters. The predicted octanol–water partition coefficient (Wildman–Crippen LogP) is 2.22. The number of nitrogens with zero attached hydrogens (tertiary/aromatic N) is 1. The molecule has 1 aliphatic carbocycles. The molecule has 1 aromatic rings. The van der Waals surface area contributed by atoms with Crippen LogP contribution in [-0.2, 0) is 11.3 Å². The molecule has 0 radical (unpaired) electrons. The molecule has 2 aliphatic heterocycles. The SMILES string of the molecule is Cc1cc2c(cc1Cl)[C@@H](C)N(C(=O)NC[C@@]1(C3CC3)NC(=O)NC1=O)C2. The van der Waals surface area contributed by atoms with E-state index in [0.717, 1.165) is 29.5 Å². The van der Waals surface area contributed by atoms with E-state index in [2.05, 4.69) is 16.0 Å². The first-order valence-electron chi connectivity index (χ1n) is 8.79. The predicted molar refractivity (Wildman–Crippen MR) is 95.7 cm³/mol. The highest BCUT2D eigenvalue weighted by Crippen LogP contribution is 2.41. The number of carbonyl (C=O) groups is 3. The average molecular weight is 377 g/mol. The van der Waals surface area contributed by atoms with Crippen LogP contribution < -0.4 is 16.0 Å². The van der Waals surface area contributed by atoms with E-state index in [4.69, 9.17) is 11.6 Å².